The van der Waals surface area contributed by atoms with Crippen molar-refractivity contribution in [2.45, 2.75) is 78.1 Å². The molecule has 0 aromatic rings. The fourth-order valence-electron chi connectivity index (χ4n) is 4.61. The van der Waals surface area contributed by atoms with Crippen molar-refractivity contribution >= 4 is 0 Å². The Labute approximate surface area is 102 Å². The molecule has 0 saturated heterocycles. The smallest absolute Gasteiger partial charge is 0.0355 e. The summed E-state index contributed by atoms with van der Waals surface area (Å²) in [5.41, 5.74) is 0. The molecule has 16 heavy (non-hydrogen) atoms. The van der Waals surface area contributed by atoms with E-state index in [1.54, 1.807) is 25.7 Å². The average Bonchev–Trinajstić information content (AvgIpc) is 2.35. The minimum atomic E-state index is 1.09. The van der Waals surface area contributed by atoms with Crippen molar-refractivity contribution in [2.75, 3.05) is 0 Å². The van der Waals surface area contributed by atoms with Gasteiger partial charge in [0.15, 0.2) is 0 Å². The Kier molecular flexibility index (Phi) is 4.73. The van der Waals surface area contributed by atoms with Gasteiger partial charge in [-0.15, -0.1) is 0 Å². The quantitative estimate of drug-likeness (QED) is 0.596. The van der Waals surface area contributed by atoms with E-state index in [1.807, 2.05) is 0 Å². The third kappa shape index (κ3) is 2.63. The van der Waals surface area contributed by atoms with Crippen LogP contribution in [0.2, 0.25) is 0 Å². The van der Waals surface area contributed by atoms with Crippen LogP contribution in [0, 0.1) is 23.7 Å². The molecule has 94 valence electrons. The Bertz CT molecular complexity index is 196. The molecule has 0 aliphatic heterocycles. The first-order valence-corrected chi connectivity index (χ1v) is 7.86. The van der Waals surface area contributed by atoms with Crippen molar-refractivity contribution in [1.82, 2.24) is 0 Å². The van der Waals surface area contributed by atoms with E-state index in [9.17, 15) is 0 Å². The van der Waals surface area contributed by atoms with Gasteiger partial charge in [0.1, 0.15) is 0 Å². The highest BCUT2D eigenvalue weighted by molar-refractivity contribution is 4.88. The minimum Gasteiger partial charge on any atom is -0.0654 e. The predicted molar refractivity (Wildman–Crippen MR) is 71.5 cm³/mol. The second-order valence-electron chi connectivity index (χ2n) is 6.26. The summed E-state index contributed by atoms with van der Waals surface area (Å²) in [7, 11) is 0. The lowest BCUT2D eigenvalue weighted by atomic mass is 9.60. The van der Waals surface area contributed by atoms with Crippen molar-refractivity contribution in [3.63, 3.8) is 0 Å². The Morgan fingerprint density at radius 1 is 0.938 bits per heavy atom. The first kappa shape index (κ1) is 12.5. The highest BCUT2D eigenvalue weighted by Crippen LogP contribution is 2.48. The molecule has 2 aliphatic carbocycles. The lowest BCUT2D eigenvalue weighted by molar-refractivity contribution is 0.0470. The second-order valence-corrected chi connectivity index (χ2v) is 6.26. The van der Waals surface area contributed by atoms with E-state index in [-0.39, 0.29) is 0 Å². The molecule has 0 heterocycles. The maximum Gasteiger partial charge on any atom is -0.0355 e. The third-order valence-corrected chi connectivity index (χ3v) is 5.43. The predicted octanol–water partition coefficient (Wildman–Crippen LogP) is 5.42. The average molecular weight is 222 g/mol. The molecule has 0 heteroatoms. The van der Waals surface area contributed by atoms with E-state index in [1.165, 1.54) is 38.5 Å². The first-order chi connectivity index (χ1) is 7.86. The summed E-state index contributed by atoms with van der Waals surface area (Å²) in [5, 5.41) is 0. The van der Waals surface area contributed by atoms with Gasteiger partial charge in [-0.1, -0.05) is 58.8 Å². The topological polar surface area (TPSA) is 0 Å². The second kappa shape index (κ2) is 6.07. The van der Waals surface area contributed by atoms with Crippen LogP contribution in [-0.4, -0.2) is 0 Å². The van der Waals surface area contributed by atoms with Crippen LogP contribution in [0.15, 0.2) is 0 Å². The molecule has 0 nitrogen and oxygen atoms in total. The van der Waals surface area contributed by atoms with Gasteiger partial charge in [0.2, 0.25) is 0 Å². The molecule has 0 aromatic heterocycles. The molecule has 4 unspecified atom stereocenters. The molecule has 2 fully saturated rings. The lowest BCUT2D eigenvalue weighted by Crippen LogP contribution is -2.36. The summed E-state index contributed by atoms with van der Waals surface area (Å²) in [5.74, 6) is 4.42. The lowest BCUT2D eigenvalue weighted by Gasteiger charge is -2.46. The number of fused-ring (bicyclic) bond motifs is 1. The summed E-state index contributed by atoms with van der Waals surface area (Å²) in [4.78, 5) is 0. The van der Waals surface area contributed by atoms with Crippen molar-refractivity contribution in [1.29, 1.82) is 0 Å². The zero-order valence-corrected chi connectivity index (χ0v) is 11.4. The zero-order chi connectivity index (χ0) is 11.4. The van der Waals surface area contributed by atoms with E-state index >= 15 is 0 Å². The van der Waals surface area contributed by atoms with Gasteiger partial charge in [-0.05, 0) is 42.9 Å². The fourth-order valence-corrected chi connectivity index (χ4v) is 4.61. The zero-order valence-electron chi connectivity index (χ0n) is 11.4. The molecule has 2 rings (SSSR count). The van der Waals surface area contributed by atoms with Crippen molar-refractivity contribution < 1.29 is 0 Å². The van der Waals surface area contributed by atoms with Crippen LogP contribution < -0.4 is 0 Å². The van der Waals surface area contributed by atoms with Gasteiger partial charge in [-0.2, -0.15) is 0 Å². The minimum absolute atomic E-state index is 1.09. The van der Waals surface area contributed by atoms with Gasteiger partial charge in [0.05, 0.1) is 0 Å². The van der Waals surface area contributed by atoms with E-state index in [4.69, 9.17) is 0 Å². The molecule has 4 atom stereocenters. The summed E-state index contributed by atoms with van der Waals surface area (Å²) in [6.45, 7) is 4.79. The monoisotopic (exact) mass is 222 g/mol. The number of hydrogen-bond donors (Lipinski definition) is 0. The van der Waals surface area contributed by atoms with Gasteiger partial charge in [0, 0.05) is 0 Å². The number of unbranched alkanes of at least 4 members (excludes halogenated alkanes) is 1. The molecule has 2 aliphatic rings. The normalized spacial score (nSPS) is 39.4. The molecule has 0 radical (unpaired) electrons. The molecule has 0 N–H and O–H groups in total. The summed E-state index contributed by atoms with van der Waals surface area (Å²) in [6.07, 6.45) is 15.1. The number of rotatable bonds is 4. The maximum absolute atomic E-state index is 2.45. The molecule has 0 bridgehead atoms. The highest BCUT2D eigenvalue weighted by Gasteiger charge is 2.38. The van der Waals surface area contributed by atoms with Gasteiger partial charge >= 0.3 is 0 Å². The SMILES string of the molecule is CCCCC1CCC2CCCCC2C1CC. The summed E-state index contributed by atoms with van der Waals surface area (Å²) < 4.78 is 0. The molecular formula is C16H30. The Hall–Kier alpha value is 0. The molecular weight excluding hydrogens is 192 g/mol. The van der Waals surface area contributed by atoms with Crippen LogP contribution in [0.3, 0.4) is 0 Å². The number of hydrogen-bond acceptors (Lipinski definition) is 0. The maximum atomic E-state index is 2.45. The first-order valence-electron chi connectivity index (χ1n) is 7.86. The summed E-state index contributed by atoms with van der Waals surface area (Å²) in [6, 6.07) is 0. The fraction of sp³-hybridized carbons (Fsp3) is 1.00. The van der Waals surface area contributed by atoms with Gasteiger partial charge in [-0.25, -0.2) is 0 Å². The van der Waals surface area contributed by atoms with Crippen LogP contribution in [-0.2, 0) is 0 Å². The largest absolute Gasteiger partial charge is 0.0654 e. The van der Waals surface area contributed by atoms with Crippen LogP contribution in [0.4, 0.5) is 0 Å². The Balaban J connectivity index is 1.95. The summed E-state index contributed by atoms with van der Waals surface area (Å²) >= 11 is 0. The molecule has 0 amide bonds. The van der Waals surface area contributed by atoms with Crippen molar-refractivity contribution in [3.05, 3.63) is 0 Å². The molecule has 0 spiro atoms. The van der Waals surface area contributed by atoms with Crippen LogP contribution >= 0.6 is 0 Å². The Morgan fingerprint density at radius 2 is 1.75 bits per heavy atom. The van der Waals surface area contributed by atoms with Crippen LogP contribution in [0.5, 0.6) is 0 Å². The van der Waals surface area contributed by atoms with Crippen molar-refractivity contribution in [2.24, 2.45) is 23.7 Å². The van der Waals surface area contributed by atoms with Gasteiger partial charge < -0.3 is 0 Å². The van der Waals surface area contributed by atoms with E-state index in [2.05, 4.69) is 13.8 Å². The third-order valence-electron chi connectivity index (χ3n) is 5.43. The Morgan fingerprint density at radius 3 is 2.50 bits per heavy atom. The van der Waals surface area contributed by atoms with Crippen molar-refractivity contribution in [3.8, 4) is 0 Å². The standard InChI is InChI=1S/C16H30/c1-3-5-8-13-11-12-14-9-6-7-10-16(14)15(13)4-2/h13-16H,3-12H2,1-2H3. The van der Waals surface area contributed by atoms with Gasteiger partial charge in [-0.3, -0.25) is 0 Å². The highest BCUT2D eigenvalue weighted by atomic mass is 14.4. The van der Waals surface area contributed by atoms with Crippen LogP contribution in [0.25, 0.3) is 0 Å². The van der Waals surface area contributed by atoms with E-state index < -0.39 is 0 Å². The molecule has 2 saturated carbocycles. The van der Waals surface area contributed by atoms with Gasteiger partial charge in [0.25, 0.3) is 0 Å². The molecule has 0 aromatic carbocycles. The van der Waals surface area contributed by atoms with E-state index in [0.29, 0.717) is 0 Å². The van der Waals surface area contributed by atoms with Crippen LogP contribution in [0.1, 0.15) is 78.1 Å². The van der Waals surface area contributed by atoms with E-state index in [0.717, 1.165) is 23.7 Å².